The van der Waals surface area contributed by atoms with Crippen molar-refractivity contribution in [1.82, 2.24) is 10.2 Å². The standard InChI is InChI=1S/C30H32N4O8.2ClH/c1-34(2)23-17-11-16-10-15-8-9-18(33-19(35)13-32-12-14-6-4-3-5-7-14)24(36)20(15)25(37)21(16)27(39)30(17,42)28(40)22(26(23)38)29(31)41;;/h3-9,16-17,23,32,36-37,40,42H,10-13H2,1-2H3,(H2,31,41)(H,33,35);2*1H/t16?,17?,23-,30-;;/m0../s1. The van der Waals surface area contributed by atoms with Gasteiger partial charge >= 0.3 is 0 Å². The summed E-state index contributed by atoms with van der Waals surface area (Å²) in [5, 5.41) is 50.6. The minimum Gasteiger partial charge on any atom is -0.508 e. The van der Waals surface area contributed by atoms with Gasteiger partial charge < -0.3 is 36.8 Å². The van der Waals surface area contributed by atoms with Crippen molar-refractivity contribution in [2.24, 2.45) is 17.6 Å². The van der Waals surface area contributed by atoms with Gasteiger partial charge in [-0.2, -0.15) is 0 Å². The van der Waals surface area contributed by atoms with E-state index in [-0.39, 0.29) is 61.0 Å². The number of hydrogen-bond donors (Lipinski definition) is 7. The van der Waals surface area contributed by atoms with Gasteiger partial charge in [-0.1, -0.05) is 36.4 Å². The fraction of sp³-hybridized carbons (Fsp3) is 0.333. The fourth-order valence-corrected chi connectivity index (χ4v) is 6.43. The Morgan fingerprint density at radius 2 is 1.70 bits per heavy atom. The number of anilines is 1. The molecule has 0 heterocycles. The maximum atomic E-state index is 13.9. The molecule has 14 heteroatoms. The van der Waals surface area contributed by atoms with E-state index in [0.717, 1.165) is 5.56 Å². The lowest BCUT2D eigenvalue weighted by atomic mass is 9.57. The van der Waals surface area contributed by atoms with Gasteiger partial charge in [-0.15, -0.1) is 24.8 Å². The predicted molar refractivity (Wildman–Crippen MR) is 166 cm³/mol. The second kappa shape index (κ2) is 13.0. The van der Waals surface area contributed by atoms with Gasteiger partial charge in [-0.25, -0.2) is 0 Å². The first-order valence-corrected chi connectivity index (χ1v) is 13.4. The first-order chi connectivity index (χ1) is 19.9. The average Bonchev–Trinajstić information content (AvgIpc) is 2.92. The number of nitrogens with two attached hydrogens (primary N) is 1. The maximum Gasteiger partial charge on any atom is 0.255 e. The number of fused-ring (bicyclic) bond motifs is 3. The smallest absolute Gasteiger partial charge is 0.255 e. The highest BCUT2D eigenvalue weighted by Crippen LogP contribution is 2.53. The Morgan fingerprint density at radius 3 is 2.32 bits per heavy atom. The molecule has 2 amide bonds. The molecular weight excluding hydrogens is 615 g/mol. The van der Waals surface area contributed by atoms with Crippen LogP contribution in [-0.2, 0) is 32.1 Å². The molecule has 0 aliphatic heterocycles. The summed E-state index contributed by atoms with van der Waals surface area (Å²) in [6.45, 7) is 0.386. The van der Waals surface area contributed by atoms with Crippen LogP contribution >= 0.6 is 24.8 Å². The lowest BCUT2D eigenvalue weighted by Crippen LogP contribution is -2.65. The lowest BCUT2D eigenvalue weighted by Gasteiger charge is -2.50. The molecule has 1 fully saturated rings. The monoisotopic (exact) mass is 648 g/mol. The number of ketones is 2. The summed E-state index contributed by atoms with van der Waals surface area (Å²) in [5.41, 5.74) is 2.87. The summed E-state index contributed by atoms with van der Waals surface area (Å²) in [5.74, 6) is -7.72. The number of nitrogens with zero attached hydrogens (tertiary/aromatic N) is 1. The Kier molecular flexibility index (Phi) is 10.2. The first-order valence-electron chi connectivity index (χ1n) is 13.4. The van der Waals surface area contributed by atoms with Crippen LogP contribution < -0.4 is 16.4 Å². The molecule has 2 aromatic carbocycles. The molecule has 2 aromatic rings. The molecule has 0 aromatic heterocycles. The van der Waals surface area contributed by atoms with Crippen LogP contribution in [0.15, 0.2) is 59.4 Å². The third-order valence-corrected chi connectivity index (χ3v) is 8.32. The van der Waals surface area contributed by atoms with Crippen molar-refractivity contribution in [2.45, 2.75) is 31.0 Å². The van der Waals surface area contributed by atoms with Crippen LogP contribution in [0.25, 0.3) is 5.76 Å². The van der Waals surface area contributed by atoms with Gasteiger partial charge in [-0.05, 0) is 50.0 Å². The summed E-state index contributed by atoms with van der Waals surface area (Å²) in [6, 6.07) is 11.4. The Hall–Kier alpha value is -3.94. The van der Waals surface area contributed by atoms with Gasteiger partial charge in [0, 0.05) is 18.0 Å². The van der Waals surface area contributed by atoms with Gasteiger partial charge in [0.2, 0.25) is 11.7 Å². The number of aromatic hydroxyl groups is 1. The minimum atomic E-state index is -2.71. The molecule has 1 saturated carbocycles. The first kappa shape index (κ1) is 34.5. The number of phenols is 1. The second-order valence-corrected chi connectivity index (χ2v) is 11.1. The number of Topliss-reactive ketones (excluding diaryl/α,β-unsaturated/α-hetero) is 2. The van der Waals surface area contributed by atoms with Crippen LogP contribution in [0.2, 0.25) is 0 Å². The zero-order chi connectivity index (χ0) is 30.5. The van der Waals surface area contributed by atoms with Crippen molar-refractivity contribution in [2.75, 3.05) is 26.0 Å². The highest BCUT2D eigenvalue weighted by Gasteiger charge is 2.64. The van der Waals surface area contributed by atoms with Crippen LogP contribution in [0.5, 0.6) is 5.75 Å². The summed E-state index contributed by atoms with van der Waals surface area (Å²) in [6.07, 6.45) is 0.160. The molecule has 12 nitrogen and oxygen atoms in total. The van der Waals surface area contributed by atoms with Crippen molar-refractivity contribution in [1.29, 1.82) is 0 Å². The Morgan fingerprint density at radius 1 is 1.05 bits per heavy atom. The minimum absolute atomic E-state index is 0. The van der Waals surface area contributed by atoms with Crippen molar-refractivity contribution in [3.05, 3.63) is 76.1 Å². The SMILES string of the molecule is CN(C)[C@@H]1C(=O)C(C(N)=O)=C(O)[C@@]2(O)C(=O)C3=C(O)c4c(ccc(NC(=O)CNCc5ccccc5)c4O)CC3CC12.Cl.Cl. The number of amides is 2. The molecule has 0 saturated heterocycles. The van der Waals surface area contributed by atoms with Crippen LogP contribution in [0, 0.1) is 11.8 Å². The molecule has 236 valence electrons. The van der Waals surface area contributed by atoms with E-state index in [4.69, 9.17) is 5.73 Å². The number of nitrogens with one attached hydrogen (secondary N) is 2. The molecule has 5 rings (SSSR count). The van der Waals surface area contributed by atoms with Gasteiger partial charge in [0.1, 0.15) is 22.8 Å². The van der Waals surface area contributed by atoms with Crippen molar-refractivity contribution >= 4 is 59.6 Å². The molecule has 3 aliphatic rings. The van der Waals surface area contributed by atoms with Gasteiger partial charge in [0.05, 0.1) is 23.8 Å². The van der Waals surface area contributed by atoms with Crippen molar-refractivity contribution < 1.29 is 39.6 Å². The highest BCUT2D eigenvalue weighted by molar-refractivity contribution is 6.24. The summed E-state index contributed by atoms with van der Waals surface area (Å²) < 4.78 is 0. The van der Waals surface area contributed by atoms with Gasteiger partial charge in [0.15, 0.2) is 11.4 Å². The van der Waals surface area contributed by atoms with E-state index in [2.05, 4.69) is 10.6 Å². The topological polar surface area (TPSA) is 203 Å². The molecule has 44 heavy (non-hydrogen) atoms. The fourth-order valence-electron chi connectivity index (χ4n) is 6.43. The number of primary amides is 1. The summed E-state index contributed by atoms with van der Waals surface area (Å²) in [7, 11) is 3.08. The number of carbonyl (C=O) groups is 4. The van der Waals surface area contributed by atoms with E-state index in [1.807, 2.05) is 30.3 Å². The molecule has 3 aliphatic carbocycles. The number of benzene rings is 2. The van der Waals surface area contributed by atoms with Crippen molar-refractivity contribution in [3.8, 4) is 5.75 Å². The number of carbonyl (C=O) groups excluding carboxylic acids is 4. The van der Waals surface area contributed by atoms with Gasteiger partial charge in [0.25, 0.3) is 5.91 Å². The number of aliphatic hydroxyl groups excluding tert-OH is 2. The molecule has 0 radical (unpaired) electrons. The van der Waals surface area contributed by atoms with E-state index < -0.39 is 69.7 Å². The molecule has 0 bridgehead atoms. The molecule has 0 spiro atoms. The zero-order valence-corrected chi connectivity index (χ0v) is 25.5. The number of halogens is 2. The molecular formula is C30H34Cl2N4O8. The summed E-state index contributed by atoms with van der Waals surface area (Å²) >= 11 is 0. The van der Waals surface area contributed by atoms with Crippen LogP contribution in [-0.4, -0.2) is 81.0 Å². The van der Waals surface area contributed by atoms with Crippen LogP contribution in [0.4, 0.5) is 5.69 Å². The molecule has 4 atom stereocenters. The maximum absolute atomic E-state index is 13.9. The zero-order valence-electron chi connectivity index (χ0n) is 23.9. The van der Waals surface area contributed by atoms with E-state index in [0.29, 0.717) is 12.1 Å². The Labute approximate surface area is 265 Å². The number of phenolic OH excluding ortho intramolecular Hbond substituents is 1. The quantitative estimate of drug-likeness (QED) is 0.170. The third-order valence-electron chi connectivity index (χ3n) is 8.32. The number of aliphatic hydroxyl groups is 3. The lowest BCUT2D eigenvalue weighted by molar-refractivity contribution is -0.153. The predicted octanol–water partition coefficient (Wildman–Crippen LogP) is 1.54. The molecule has 8 N–H and O–H groups in total. The van der Waals surface area contributed by atoms with Crippen LogP contribution in [0.3, 0.4) is 0 Å². The summed E-state index contributed by atoms with van der Waals surface area (Å²) in [4.78, 5) is 53.1. The van der Waals surface area contributed by atoms with E-state index in [1.165, 1.54) is 11.0 Å². The van der Waals surface area contributed by atoms with E-state index in [1.54, 1.807) is 20.2 Å². The average molecular weight is 650 g/mol. The number of rotatable bonds is 7. The number of hydrogen-bond acceptors (Lipinski definition) is 10. The molecule has 2 unspecified atom stereocenters. The van der Waals surface area contributed by atoms with Crippen LogP contribution in [0.1, 0.15) is 23.1 Å². The number of likely N-dealkylation sites (N-methyl/N-ethyl adjacent to an activating group) is 1. The van der Waals surface area contributed by atoms with Crippen molar-refractivity contribution in [3.63, 3.8) is 0 Å². The van der Waals surface area contributed by atoms with E-state index in [9.17, 15) is 39.6 Å². The Balaban J connectivity index is 0.00000264. The van der Waals surface area contributed by atoms with Gasteiger partial charge in [-0.3, -0.25) is 24.1 Å². The third kappa shape index (κ3) is 5.55. The highest BCUT2D eigenvalue weighted by atomic mass is 35.5. The normalized spacial score (nSPS) is 24.0. The Bertz CT molecular complexity index is 1580. The largest absolute Gasteiger partial charge is 0.508 e. The van der Waals surface area contributed by atoms with E-state index >= 15 is 0 Å². The second-order valence-electron chi connectivity index (χ2n) is 11.1.